The van der Waals surface area contributed by atoms with Gasteiger partial charge in [0, 0.05) is 5.39 Å². The van der Waals surface area contributed by atoms with Crippen molar-refractivity contribution >= 4 is 10.9 Å². The van der Waals surface area contributed by atoms with Crippen molar-refractivity contribution in [2.24, 2.45) is 0 Å². The van der Waals surface area contributed by atoms with E-state index in [1.807, 2.05) is 35.1 Å². The molecule has 0 unspecified atom stereocenters. The van der Waals surface area contributed by atoms with Crippen LogP contribution in [-0.4, -0.2) is 9.78 Å². The van der Waals surface area contributed by atoms with Gasteiger partial charge >= 0.3 is 0 Å². The predicted octanol–water partition coefficient (Wildman–Crippen LogP) is 3.13. The van der Waals surface area contributed by atoms with Gasteiger partial charge < -0.3 is 0 Å². The molecule has 2 heteroatoms. The average molecular weight is 207 g/mol. The van der Waals surface area contributed by atoms with Gasteiger partial charge in [-0.05, 0) is 42.8 Å². The molecule has 0 aliphatic carbocycles. The molecule has 3 aromatic rings. The molecular weight excluding hydrogens is 196 g/mol. The fourth-order valence-corrected chi connectivity index (χ4v) is 1.88. The summed E-state index contributed by atoms with van der Waals surface area (Å²) < 4.78 is 1.95. The Morgan fingerprint density at radius 2 is 2.19 bits per heavy atom. The average Bonchev–Trinajstić information content (AvgIpc) is 2.72. The maximum absolute atomic E-state index is 4.40. The largest absolute Gasteiger partial charge is 0.233 e. The molecule has 0 amide bonds. The summed E-state index contributed by atoms with van der Waals surface area (Å²) in [5.74, 6) is 0. The Balaban J connectivity index is 2.26. The van der Waals surface area contributed by atoms with E-state index in [2.05, 4.69) is 36.3 Å². The van der Waals surface area contributed by atoms with E-state index in [1.54, 1.807) is 0 Å². The molecule has 0 N–H and O–H groups in total. The second-order valence-electron chi connectivity index (χ2n) is 3.88. The van der Waals surface area contributed by atoms with E-state index in [4.69, 9.17) is 0 Å². The molecule has 16 heavy (non-hydrogen) atoms. The smallest absolute Gasteiger partial charge is 0.0741 e. The van der Waals surface area contributed by atoms with Gasteiger partial charge in [0.25, 0.3) is 0 Å². The molecule has 0 aliphatic heterocycles. The molecule has 1 radical (unpaired) electrons. The topological polar surface area (TPSA) is 17.8 Å². The van der Waals surface area contributed by atoms with Crippen LogP contribution < -0.4 is 0 Å². The lowest BCUT2D eigenvalue weighted by molar-refractivity contribution is 0.909. The molecule has 0 atom stereocenters. The molecule has 0 fully saturated rings. The number of nitrogens with zero attached hydrogens (tertiary/aromatic N) is 2. The van der Waals surface area contributed by atoms with Crippen LogP contribution in [0.15, 0.2) is 48.7 Å². The zero-order valence-electron chi connectivity index (χ0n) is 9.01. The highest BCUT2D eigenvalue weighted by molar-refractivity contribution is 5.79. The van der Waals surface area contributed by atoms with Gasteiger partial charge in [0.2, 0.25) is 0 Å². The van der Waals surface area contributed by atoms with Gasteiger partial charge in [-0.3, -0.25) is 0 Å². The summed E-state index contributed by atoms with van der Waals surface area (Å²) in [6.07, 6.45) is 1.87. The Morgan fingerprint density at radius 1 is 1.25 bits per heavy atom. The van der Waals surface area contributed by atoms with E-state index in [1.165, 1.54) is 5.56 Å². The van der Waals surface area contributed by atoms with Crippen LogP contribution in [0, 0.1) is 13.0 Å². The number of aryl methyl sites for hydroxylation is 1. The number of benzene rings is 2. The minimum Gasteiger partial charge on any atom is -0.233 e. The normalized spacial score (nSPS) is 10.8. The van der Waals surface area contributed by atoms with Crippen LogP contribution >= 0.6 is 0 Å². The second kappa shape index (κ2) is 3.49. The van der Waals surface area contributed by atoms with E-state index < -0.39 is 0 Å². The first-order valence-electron chi connectivity index (χ1n) is 5.25. The van der Waals surface area contributed by atoms with Crippen LogP contribution in [0.3, 0.4) is 0 Å². The molecule has 77 valence electrons. The molecule has 0 spiro atoms. The van der Waals surface area contributed by atoms with E-state index in [0.717, 1.165) is 16.6 Å². The number of fused-ring (bicyclic) bond motifs is 1. The third-order valence-electron chi connectivity index (χ3n) is 2.66. The SMILES string of the molecule is Cc1cccc(-n2ncc3c[c]ccc32)c1. The van der Waals surface area contributed by atoms with Gasteiger partial charge in [0.1, 0.15) is 0 Å². The van der Waals surface area contributed by atoms with Crippen molar-refractivity contribution in [2.75, 3.05) is 0 Å². The van der Waals surface area contributed by atoms with Crippen LogP contribution in [0.4, 0.5) is 0 Å². The van der Waals surface area contributed by atoms with Crippen molar-refractivity contribution < 1.29 is 0 Å². The van der Waals surface area contributed by atoms with Crippen LogP contribution in [0.2, 0.25) is 0 Å². The first kappa shape index (κ1) is 9.16. The van der Waals surface area contributed by atoms with Gasteiger partial charge in [0.15, 0.2) is 0 Å². The van der Waals surface area contributed by atoms with E-state index >= 15 is 0 Å². The summed E-state index contributed by atoms with van der Waals surface area (Å²) in [7, 11) is 0. The first-order valence-corrected chi connectivity index (χ1v) is 5.25. The van der Waals surface area contributed by atoms with Crippen molar-refractivity contribution in [2.45, 2.75) is 6.92 Å². The lowest BCUT2D eigenvalue weighted by atomic mass is 10.2. The van der Waals surface area contributed by atoms with Crippen molar-refractivity contribution in [3.63, 3.8) is 0 Å². The van der Waals surface area contributed by atoms with E-state index in [0.29, 0.717) is 0 Å². The van der Waals surface area contributed by atoms with Gasteiger partial charge in [0.05, 0.1) is 17.4 Å². The highest BCUT2D eigenvalue weighted by Gasteiger charge is 2.03. The van der Waals surface area contributed by atoms with Crippen molar-refractivity contribution in [1.82, 2.24) is 9.78 Å². The van der Waals surface area contributed by atoms with Gasteiger partial charge in [-0.15, -0.1) is 0 Å². The second-order valence-corrected chi connectivity index (χ2v) is 3.88. The number of hydrogen-bond donors (Lipinski definition) is 0. The third kappa shape index (κ3) is 1.39. The van der Waals surface area contributed by atoms with Crippen molar-refractivity contribution in [3.05, 3.63) is 60.3 Å². The molecule has 0 aliphatic rings. The quantitative estimate of drug-likeness (QED) is 0.599. The zero-order valence-corrected chi connectivity index (χ0v) is 9.01. The molecule has 0 saturated carbocycles. The summed E-state index contributed by atoms with van der Waals surface area (Å²) in [4.78, 5) is 0. The minimum atomic E-state index is 1.10. The maximum Gasteiger partial charge on any atom is 0.0741 e. The summed E-state index contributed by atoms with van der Waals surface area (Å²) in [5, 5.41) is 5.52. The van der Waals surface area contributed by atoms with Gasteiger partial charge in [-0.1, -0.05) is 18.2 Å². The number of rotatable bonds is 1. The highest BCUT2D eigenvalue weighted by atomic mass is 15.3. The minimum absolute atomic E-state index is 1.10. The zero-order chi connectivity index (χ0) is 11.0. The Kier molecular flexibility index (Phi) is 2.00. The fraction of sp³-hybridized carbons (Fsp3) is 0.0714. The van der Waals surface area contributed by atoms with E-state index in [9.17, 15) is 0 Å². The lowest BCUT2D eigenvalue weighted by Crippen LogP contribution is -1.95. The molecule has 3 rings (SSSR count). The monoisotopic (exact) mass is 207 g/mol. The predicted molar refractivity (Wildman–Crippen MR) is 64.6 cm³/mol. The molecule has 2 aromatic carbocycles. The molecule has 1 heterocycles. The molecule has 2 nitrogen and oxygen atoms in total. The Labute approximate surface area is 94.1 Å². The number of hydrogen-bond acceptors (Lipinski definition) is 1. The summed E-state index contributed by atoms with van der Waals surface area (Å²) >= 11 is 0. The summed E-state index contributed by atoms with van der Waals surface area (Å²) in [6, 6.07) is 17.3. The molecule has 0 saturated heterocycles. The third-order valence-corrected chi connectivity index (χ3v) is 2.66. The van der Waals surface area contributed by atoms with Crippen LogP contribution in [0.5, 0.6) is 0 Å². The Bertz CT molecular complexity index is 638. The molecule has 1 aromatic heterocycles. The Morgan fingerprint density at radius 3 is 3.06 bits per heavy atom. The maximum atomic E-state index is 4.40. The lowest BCUT2D eigenvalue weighted by Gasteiger charge is -2.03. The van der Waals surface area contributed by atoms with Crippen molar-refractivity contribution in [1.29, 1.82) is 0 Å². The molecule has 0 bridgehead atoms. The highest BCUT2D eigenvalue weighted by Crippen LogP contribution is 2.18. The van der Waals surface area contributed by atoms with Crippen molar-refractivity contribution in [3.8, 4) is 5.69 Å². The van der Waals surface area contributed by atoms with Crippen LogP contribution in [-0.2, 0) is 0 Å². The summed E-state index contributed by atoms with van der Waals surface area (Å²) in [5.41, 5.74) is 3.45. The summed E-state index contributed by atoms with van der Waals surface area (Å²) in [6.45, 7) is 2.09. The fourth-order valence-electron chi connectivity index (χ4n) is 1.88. The standard InChI is InChI=1S/C14H11N2/c1-11-5-4-7-13(9-11)16-14-8-3-2-6-12(14)10-15-16/h3-10H,1H3. The number of aromatic nitrogens is 2. The van der Waals surface area contributed by atoms with Gasteiger partial charge in [-0.2, -0.15) is 5.10 Å². The Hall–Kier alpha value is -2.09. The van der Waals surface area contributed by atoms with Crippen LogP contribution in [0.1, 0.15) is 5.56 Å². The first-order chi connectivity index (χ1) is 7.84. The van der Waals surface area contributed by atoms with Crippen LogP contribution in [0.25, 0.3) is 16.6 Å². The van der Waals surface area contributed by atoms with E-state index in [-0.39, 0.29) is 0 Å². The molecular formula is C14H11N2. The van der Waals surface area contributed by atoms with Gasteiger partial charge in [-0.25, -0.2) is 4.68 Å².